The van der Waals surface area contributed by atoms with Crippen molar-refractivity contribution >= 4 is 27.3 Å². The molecule has 2 aliphatic heterocycles. The maximum atomic E-state index is 13.4. The van der Waals surface area contributed by atoms with E-state index in [1.54, 1.807) is 59.5 Å². The zero-order chi connectivity index (χ0) is 22.8. The lowest BCUT2D eigenvalue weighted by molar-refractivity contribution is -0.138. The summed E-state index contributed by atoms with van der Waals surface area (Å²) in [5, 5.41) is 0. The lowest BCUT2D eigenvalue weighted by atomic mass is 10.2. The van der Waals surface area contributed by atoms with E-state index in [4.69, 9.17) is 4.74 Å². The van der Waals surface area contributed by atoms with E-state index >= 15 is 0 Å². The largest absolute Gasteiger partial charge is 0.476 e. The van der Waals surface area contributed by atoms with Crippen molar-refractivity contribution in [3.63, 3.8) is 0 Å². The molecular formula is C25H25N3O4S. The molecular weight excluding hydrogens is 438 g/mol. The molecule has 0 spiro atoms. The number of nitrogens with zero attached hydrogens (tertiary/aromatic N) is 3. The molecule has 170 valence electrons. The molecule has 8 heteroatoms. The molecule has 2 aliphatic rings. The number of carbonyl (C=O) groups is 1. The van der Waals surface area contributed by atoms with Crippen LogP contribution < -0.4 is 13.9 Å². The Morgan fingerprint density at radius 2 is 1.39 bits per heavy atom. The van der Waals surface area contributed by atoms with Gasteiger partial charge in [-0.1, -0.05) is 48.5 Å². The number of ether oxygens (including phenoxy) is 1. The summed E-state index contributed by atoms with van der Waals surface area (Å²) in [5.74, 6) is 0.204. The van der Waals surface area contributed by atoms with Crippen molar-refractivity contribution in [2.75, 3.05) is 41.9 Å². The van der Waals surface area contributed by atoms with Crippen LogP contribution in [0.2, 0.25) is 0 Å². The van der Waals surface area contributed by atoms with Gasteiger partial charge in [-0.2, -0.15) is 0 Å². The standard InChI is InChI=1S/C25H25N3O4S/c29-25(27-17-15-26(16-18-27)20-9-3-1-4-10-20)24-19-28(22-13-7-8-14-23(22)32-24)33(30,31)21-11-5-2-6-12-21/h1-14,24H,15-19H2. The predicted molar refractivity (Wildman–Crippen MR) is 127 cm³/mol. The number of piperazine rings is 1. The van der Waals surface area contributed by atoms with E-state index < -0.39 is 16.1 Å². The van der Waals surface area contributed by atoms with Gasteiger partial charge in [-0.3, -0.25) is 9.10 Å². The highest BCUT2D eigenvalue weighted by atomic mass is 32.2. The third kappa shape index (κ3) is 4.14. The SMILES string of the molecule is O=C(C1CN(S(=O)(=O)c2ccccc2)c2ccccc2O1)N1CCN(c2ccccc2)CC1. The van der Waals surface area contributed by atoms with E-state index in [0.717, 1.165) is 5.69 Å². The maximum absolute atomic E-state index is 13.4. The van der Waals surface area contributed by atoms with Gasteiger partial charge in [0, 0.05) is 31.9 Å². The molecule has 0 radical (unpaired) electrons. The van der Waals surface area contributed by atoms with Gasteiger partial charge in [0.1, 0.15) is 5.75 Å². The van der Waals surface area contributed by atoms with Crippen molar-refractivity contribution < 1.29 is 17.9 Å². The quantitative estimate of drug-likeness (QED) is 0.595. The average molecular weight is 464 g/mol. The molecule has 1 amide bonds. The van der Waals surface area contributed by atoms with Crippen LogP contribution in [0.4, 0.5) is 11.4 Å². The summed E-state index contributed by atoms with van der Waals surface area (Å²) in [4.78, 5) is 17.6. The number of benzene rings is 3. The van der Waals surface area contributed by atoms with Gasteiger partial charge >= 0.3 is 0 Å². The Labute approximate surface area is 193 Å². The molecule has 7 nitrogen and oxygen atoms in total. The number of hydrogen-bond acceptors (Lipinski definition) is 5. The van der Waals surface area contributed by atoms with Gasteiger partial charge in [-0.15, -0.1) is 0 Å². The van der Waals surface area contributed by atoms with E-state index in [1.165, 1.54) is 4.31 Å². The smallest absolute Gasteiger partial charge is 0.265 e. The summed E-state index contributed by atoms with van der Waals surface area (Å²) >= 11 is 0. The third-order valence-electron chi connectivity index (χ3n) is 6.05. The van der Waals surface area contributed by atoms with Crippen molar-refractivity contribution in [1.29, 1.82) is 0 Å². The molecule has 0 bridgehead atoms. The molecule has 3 aromatic rings. The fourth-order valence-corrected chi connectivity index (χ4v) is 5.80. The molecule has 0 N–H and O–H groups in total. The zero-order valence-electron chi connectivity index (χ0n) is 18.1. The van der Waals surface area contributed by atoms with Crippen LogP contribution in [0.15, 0.2) is 89.8 Å². The monoisotopic (exact) mass is 463 g/mol. The Morgan fingerprint density at radius 1 is 0.788 bits per heavy atom. The van der Waals surface area contributed by atoms with Gasteiger partial charge in [-0.05, 0) is 36.4 Å². The fraction of sp³-hybridized carbons (Fsp3) is 0.240. The second-order valence-corrected chi connectivity index (χ2v) is 9.93. The Morgan fingerprint density at radius 3 is 2.09 bits per heavy atom. The lowest BCUT2D eigenvalue weighted by Crippen LogP contribution is -2.56. The van der Waals surface area contributed by atoms with Crippen molar-refractivity contribution in [2.24, 2.45) is 0 Å². The Kier molecular flexibility index (Phi) is 5.68. The van der Waals surface area contributed by atoms with Crippen LogP contribution in [0.1, 0.15) is 0 Å². The minimum absolute atomic E-state index is 0.0635. The minimum Gasteiger partial charge on any atom is -0.476 e. The molecule has 2 heterocycles. The highest BCUT2D eigenvalue weighted by molar-refractivity contribution is 7.92. The topological polar surface area (TPSA) is 70.2 Å². The van der Waals surface area contributed by atoms with Crippen molar-refractivity contribution in [1.82, 2.24) is 4.90 Å². The first-order valence-electron chi connectivity index (χ1n) is 11.0. The molecule has 0 aliphatic carbocycles. The number of fused-ring (bicyclic) bond motifs is 1. The summed E-state index contributed by atoms with van der Waals surface area (Å²) in [6.07, 6.45) is -0.901. The number of carbonyl (C=O) groups excluding carboxylic acids is 1. The molecule has 5 rings (SSSR count). The van der Waals surface area contributed by atoms with Crippen LogP contribution >= 0.6 is 0 Å². The van der Waals surface area contributed by atoms with Crippen LogP contribution in [-0.4, -0.2) is 58.1 Å². The molecule has 1 atom stereocenters. The van der Waals surface area contributed by atoms with Gasteiger partial charge in [0.15, 0.2) is 6.10 Å². The zero-order valence-corrected chi connectivity index (χ0v) is 18.9. The van der Waals surface area contributed by atoms with E-state index in [-0.39, 0.29) is 17.3 Å². The Hall–Kier alpha value is -3.52. The van der Waals surface area contributed by atoms with E-state index in [0.29, 0.717) is 37.6 Å². The van der Waals surface area contributed by atoms with Crippen LogP contribution in [0, 0.1) is 0 Å². The summed E-state index contributed by atoms with van der Waals surface area (Å²) < 4.78 is 34.2. The first-order valence-corrected chi connectivity index (χ1v) is 12.4. The summed E-state index contributed by atoms with van der Waals surface area (Å²) in [6.45, 7) is 2.48. The molecule has 1 saturated heterocycles. The fourth-order valence-electron chi connectivity index (χ4n) is 4.31. The minimum atomic E-state index is -3.84. The molecule has 3 aromatic carbocycles. The van der Waals surface area contributed by atoms with Crippen molar-refractivity contribution in [3.8, 4) is 5.75 Å². The predicted octanol–water partition coefficient (Wildman–Crippen LogP) is 2.99. The van der Waals surface area contributed by atoms with Gasteiger partial charge in [0.25, 0.3) is 15.9 Å². The van der Waals surface area contributed by atoms with Crippen LogP contribution in [0.5, 0.6) is 5.75 Å². The number of para-hydroxylation sites is 3. The van der Waals surface area contributed by atoms with Crippen molar-refractivity contribution in [2.45, 2.75) is 11.0 Å². The maximum Gasteiger partial charge on any atom is 0.265 e. The number of sulfonamides is 1. The van der Waals surface area contributed by atoms with Crippen molar-refractivity contribution in [3.05, 3.63) is 84.9 Å². The Balaban J connectivity index is 1.36. The number of anilines is 2. The van der Waals surface area contributed by atoms with Crippen LogP contribution in [0.25, 0.3) is 0 Å². The summed E-state index contributed by atoms with van der Waals surface area (Å²) in [7, 11) is -3.84. The normalized spacial score (nSPS) is 18.4. The number of hydrogen-bond donors (Lipinski definition) is 0. The first kappa shape index (κ1) is 21.3. The molecule has 0 saturated carbocycles. The average Bonchev–Trinajstić information content (AvgIpc) is 2.88. The highest BCUT2D eigenvalue weighted by Crippen LogP contribution is 2.37. The van der Waals surface area contributed by atoms with Gasteiger partial charge in [0.05, 0.1) is 17.1 Å². The van der Waals surface area contributed by atoms with Gasteiger partial charge in [0.2, 0.25) is 0 Å². The molecule has 33 heavy (non-hydrogen) atoms. The summed E-state index contributed by atoms with van der Waals surface area (Å²) in [5.41, 5.74) is 1.58. The second-order valence-electron chi connectivity index (χ2n) is 8.07. The Bertz CT molecular complexity index is 1230. The van der Waals surface area contributed by atoms with Crippen LogP contribution in [0.3, 0.4) is 0 Å². The van der Waals surface area contributed by atoms with Gasteiger partial charge in [-0.25, -0.2) is 8.42 Å². The molecule has 1 unspecified atom stereocenters. The van der Waals surface area contributed by atoms with Gasteiger partial charge < -0.3 is 14.5 Å². The van der Waals surface area contributed by atoms with E-state index in [9.17, 15) is 13.2 Å². The number of amides is 1. The molecule has 0 aromatic heterocycles. The number of rotatable bonds is 4. The van der Waals surface area contributed by atoms with Crippen LogP contribution in [-0.2, 0) is 14.8 Å². The van der Waals surface area contributed by atoms with E-state index in [2.05, 4.69) is 17.0 Å². The van der Waals surface area contributed by atoms with E-state index in [1.807, 2.05) is 18.2 Å². The highest BCUT2D eigenvalue weighted by Gasteiger charge is 2.39. The molecule has 1 fully saturated rings. The first-order chi connectivity index (χ1) is 16.0. The summed E-state index contributed by atoms with van der Waals surface area (Å²) in [6, 6.07) is 25.3. The third-order valence-corrected chi connectivity index (χ3v) is 7.85. The lowest BCUT2D eigenvalue weighted by Gasteiger charge is -2.40. The second kappa shape index (κ2) is 8.78.